The summed E-state index contributed by atoms with van der Waals surface area (Å²) in [4.78, 5) is 37.2. The first-order valence-electron chi connectivity index (χ1n) is 10.2. The fourth-order valence-corrected chi connectivity index (χ4v) is 4.21. The van der Waals surface area contributed by atoms with Gasteiger partial charge in [-0.05, 0) is 55.0 Å². The zero-order chi connectivity index (χ0) is 22.5. The molecule has 3 aromatic rings. The molecule has 32 heavy (non-hydrogen) atoms. The number of nitro groups is 1. The number of carbonyl (C=O) groups is 2. The van der Waals surface area contributed by atoms with Gasteiger partial charge in [0.25, 0.3) is 11.6 Å². The van der Waals surface area contributed by atoms with Crippen LogP contribution < -0.4 is 5.32 Å². The number of carbonyl (C=O) groups excluding carboxylic acids is 2. The number of hydrogen-bond acceptors (Lipinski definition) is 7. The van der Waals surface area contributed by atoms with Crippen molar-refractivity contribution in [3.63, 3.8) is 0 Å². The van der Waals surface area contributed by atoms with Gasteiger partial charge in [-0.3, -0.25) is 19.8 Å². The fraction of sp³-hybridized carbons (Fsp3) is 0.273. The normalized spacial score (nSPS) is 19.8. The van der Waals surface area contributed by atoms with E-state index in [1.54, 1.807) is 6.92 Å². The largest absolute Gasteiger partial charge is 0.419 e. The molecule has 1 saturated heterocycles. The number of nitro benzene ring substituents is 1. The second-order valence-corrected chi connectivity index (χ2v) is 8.09. The molecular weight excluding hydrogens is 414 g/mol. The summed E-state index contributed by atoms with van der Waals surface area (Å²) in [5.41, 5.74) is 2.52. The Bertz CT molecular complexity index is 1250. The van der Waals surface area contributed by atoms with Gasteiger partial charge in [0.15, 0.2) is 0 Å². The third-order valence-corrected chi connectivity index (χ3v) is 6.04. The zero-order valence-electron chi connectivity index (χ0n) is 17.2. The fourth-order valence-electron chi connectivity index (χ4n) is 4.21. The summed E-state index contributed by atoms with van der Waals surface area (Å²) in [7, 11) is 0. The molecule has 1 fully saturated rings. The first kappa shape index (κ1) is 19.9. The molecule has 10 heteroatoms. The number of aryl methyl sites for hydroxylation is 2. The molecular formula is C22H19N5O5. The average Bonchev–Trinajstić information content (AvgIpc) is 3.49. The lowest BCUT2D eigenvalue weighted by atomic mass is 9.90. The molecule has 0 radical (unpaired) electrons. The third-order valence-electron chi connectivity index (χ3n) is 6.04. The highest BCUT2D eigenvalue weighted by Gasteiger charge is 2.49. The zero-order valence-corrected chi connectivity index (χ0v) is 17.2. The Hall–Kier alpha value is -4.08. The van der Waals surface area contributed by atoms with Gasteiger partial charge in [0.1, 0.15) is 12.1 Å². The van der Waals surface area contributed by atoms with Crippen LogP contribution in [0.4, 0.5) is 10.5 Å². The maximum absolute atomic E-state index is 13.2. The van der Waals surface area contributed by atoms with Gasteiger partial charge in [-0.15, -0.1) is 10.2 Å². The van der Waals surface area contributed by atoms with Gasteiger partial charge in [-0.25, -0.2) is 4.79 Å². The van der Waals surface area contributed by atoms with E-state index >= 15 is 0 Å². The van der Waals surface area contributed by atoms with Crippen LogP contribution in [0.1, 0.15) is 35.9 Å². The number of nitrogens with one attached hydrogen (secondary N) is 1. The molecule has 1 aromatic heterocycles. The van der Waals surface area contributed by atoms with Crippen LogP contribution in [0.25, 0.3) is 11.5 Å². The van der Waals surface area contributed by atoms with Crippen molar-refractivity contribution in [2.24, 2.45) is 0 Å². The van der Waals surface area contributed by atoms with Gasteiger partial charge in [-0.2, -0.15) is 0 Å². The van der Waals surface area contributed by atoms with Gasteiger partial charge < -0.3 is 9.73 Å². The van der Waals surface area contributed by atoms with Crippen molar-refractivity contribution in [2.75, 3.05) is 0 Å². The van der Waals surface area contributed by atoms with Crippen LogP contribution in [0.5, 0.6) is 0 Å². The monoisotopic (exact) mass is 433 g/mol. The van der Waals surface area contributed by atoms with E-state index in [1.807, 2.05) is 18.2 Å². The molecule has 2 aliphatic rings. The molecule has 1 N–H and O–H groups in total. The highest BCUT2D eigenvalue weighted by molar-refractivity contribution is 6.07. The molecule has 2 heterocycles. The molecule has 0 saturated carbocycles. The quantitative estimate of drug-likeness (QED) is 0.371. The number of aromatic nitrogens is 2. The van der Waals surface area contributed by atoms with Gasteiger partial charge in [0, 0.05) is 17.7 Å². The number of urea groups is 1. The predicted octanol–water partition coefficient (Wildman–Crippen LogP) is 3.10. The Balaban J connectivity index is 1.35. The standard InChI is InChI=1S/C22H19N5O5/c1-22(16-8-5-13-3-2-4-15(13)11-16)20(28)26(21(29)23-22)12-18-24-25-19(32-18)14-6-9-17(10-7-14)27(30)31/h5-11H,2-4,12H2,1H3,(H,23,29). The van der Waals surface area contributed by atoms with E-state index in [1.165, 1.54) is 35.4 Å². The van der Waals surface area contributed by atoms with Crippen molar-refractivity contribution >= 4 is 17.6 Å². The summed E-state index contributed by atoms with van der Waals surface area (Å²) in [6, 6.07) is 11.0. The van der Waals surface area contributed by atoms with E-state index in [0.717, 1.165) is 29.7 Å². The summed E-state index contributed by atoms with van der Waals surface area (Å²) < 4.78 is 5.60. The molecule has 0 spiro atoms. The molecule has 3 amide bonds. The van der Waals surface area contributed by atoms with E-state index in [0.29, 0.717) is 5.56 Å². The summed E-state index contributed by atoms with van der Waals surface area (Å²) in [5, 5.41) is 21.5. The van der Waals surface area contributed by atoms with Crippen LogP contribution in [0.2, 0.25) is 0 Å². The van der Waals surface area contributed by atoms with Crippen LogP contribution in [0, 0.1) is 10.1 Å². The minimum absolute atomic E-state index is 0.0568. The van der Waals surface area contributed by atoms with Crippen LogP contribution in [0.15, 0.2) is 46.9 Å². The van der Waals surface area contributed by atoms with E-state index in [4.69, 9.17) is 4.42 Å². The molecule has 1 aliphatic carbocycles. The van der Waals surface area contributed by atoms with Gasteiger partial charge in [-0.1, -0.05) is 18.2 Å². The Morgan fingerprint density at radius 1 is 1.12 bits per heavy atom. The summed E-state index contributed by atoms with van der Waals surface area (Å²) in [6.45, 7) is 1.52. The molecule has 5 rings (SSSR count). The number of non-ortho nitro benzene ring substituents is 1. The minimum atomic E-state index is -1.17. The molecule has 2 aromatic carbocycles. The number of imide groups is 1. The minimum Gasteiger partial charge on any atom is -0.419 e. The number of fused-ring (bicyclic) bond motifs is 1. The number of rotatable bonds is 5. The number of nitrogens with zero attached hydrogens (tertiary/aromatic N) is 4. The van der Waals surface area contributed by atoms with Crippen LogP contribution in [0.3, 0.4) is 0 Å². The van der Waals surface area contributed by atoms with E-state index in [2.05, 4.69) is 15.5 Å². The van der Waals surface area contributed by atoms with Crippen molar-refractivity contribution in [1.82, 2.24) is 20.4 Å². The average molecular weight is 433 g/mol. The topological polar surface area (TPSA) is 131 Å². The molecule has 162 valence electrons. The number of hydrogen-bond donors (Lipinski definition) is 1. The first-order valence-corrected chi connectivity index (χ1v) is 10.2. The van der Waals surface area contributed by atoms with E-state index in [9.17, 15) is 19.7 Å². The van der Waals surface area contributed by atoms with E-state index in [-0.39, 0.29) is 24.0 Å². The Labute approximate surface area is 182 Å². The Kier molecular flexibility index (Phi) is 4.50. The van der Waals surface area contributed by atoms with Gasteiger partial charge in [0.05, 0.1) is 4.92 Å². The number of benzene rings is 2. The summed E-state index contributed by atoms with van der Waals surface area (Å²) in [6.07, 6.45) is 3.10. The summed E-state index contributed by atoms with van der Waals surface area (Å²) in [5.74, 6) is -0.168. The van der Waals surface area contributed by atoms with Crippen LogP contribution in [-0.2, 0) is 29.7 Å². The molecule has 10 nitrogen and oxygen atoms in total. The molecule has 1 atom stereocenters. The van der Waals surface area contributed by atoms with E-state index < -0.39 is 22.4 Å². The van der Waals surface area contributed by atoms with Gasteiger partial charge >= 0.3 is 6.03 Å². The lowest BCUT2D eigenvalue weighted by Crippen LogP contribution is -2.41. The molecule has 0 bridgehead atoms. The Morgan fingerprint density at radius 3 is 2.62 bits per heavy atom. The maximum atomic E-state index is 13.2. The highest BCUT2D eigenvalue weighted by atomic mass is 16.6. The van der Waals surface area contributed by atoms with Crippen molar-refractivity contribution in [2.45, 2.75) is 38.3 Å². The maximum Gasteiger partial charge on any atom is 0.325 e. The van der Waals surface area contributed by atoms with Crippen LogP contribution in [-0.4, -0.2) is 32.0 Å². The summed E-state index contributed by atoms with van der Waals surface area (Å²) >= 11 is 0. The lowest BCUT2D eigenvalue weighted by molar-refractivity contribution is -0.384. The predicted molar refractivity (Wildman–Crippen MR) is 111 cm³/mol. The first-order chi connectivity index (χ1) is 15.3. The molecule has 1 unspecified atom stereocenters. The van der Waals surface area contributed by atoms with Crippen molar-refractivity contribution < 1.29 is 18.9 Å². The SMILES string of the molecule is CC1(c2ccc3c(c2)CCC3)NC(=O)N(Cc2nnc(-c3ccc([N+](=O)[O-])cc3)o2)C1=O. The van der Waals surface area contributed by atoms with Gasteiger partial charge in [0.2, 0.25) is 11.8 Å². The van der Waals surface area contributed by atoms with Crippen molar-refractivity contribution in [3.8, 4) is 11.5 Å². The molecule has 1 aliphatic heterocycles. The third kappa shape index (κ3) is 3.20. The lowest BCUT2D eigenvalue weighted by Gasteiger charge is -2.23. The number of amides is 3. The smallest absolute Gasteiger partial charge is 0.325 e. The van der Waals surface area contributed by atoms with Crippen LogP contribution >= 0.6 is 0 Å². The Morgan fingerprint density at radius 2 is 1.88 bits per heavy atom. The second kappa shape index (κ2) is 7.26. The van der Waals surface area contributed by atoms with Crippen molar-refractivity contribution in [3.05, 3.63) is 75.2 Å². The highest BCUT2D eigenvalue weighted by Crippen LogP contribution is 2.33. The second-order valence-electron chi connectivity index (χ2n) is 8.09. The van der Waals surface area contributed by atoms with Crippen molar-refractivity contribution in [1.29, 1.82) is 0 Å².